The summed E-state index contributed by atoms with van der Waals surface area (Å²) in [6, 6.07) is 10.1. The van der Waals surface area contributed by atoms with Gasteiger partial charge in [-0.1, -0.05) is 30.3 Å². The minimum Gasteiger partial charge on any atom is -0.381 e. The van der Waals surface area contributed by atoms with Gasteiger partial charge in [0.2, 0.25) is 0 Å². The molecular weight excluding hydrogens is 214 g/mol. The topological polar surface area (TPSA) is 40.6 Å². The fraction of sp³-hybridized carbons (Fsp3) is 0.154. The van der Waals surface area contributed by atoms with Crippen LogP contribution in [0.5, 0.6) is 0 Å². The van der Waals surface area contributed by atoms with E-state index in [4.69, 9.17) is 4.74 Å². The molecule has 2 heterocycles. The van der Waals surface area contributed by atoms with Crippen LogP contribution in [0.3, 0.4) is 0 Å². The summed E-state index contributed by atoms with van der Waals surface area (Å²) in [5, 5.41) is 0. The third-order valence-electron chi connectivity index (χ3n) is 2.61. The summed E-state index contributed by atoms with van der Waals surface area (Å²) in [5.41, 5.74) is 2.94. The van der Waals surface area contributed by atoms with Crippen LogP contribution in [0.1, 0.15) is 5.69 Å². The van der Waals surface area contributed by atoms with Crippen molar-refractivity contribution in [3.05, 3.63) is 48.4 Å². The van der Waals surface area contributed by atoms with Crippen molar-refractivity contribution in [3.63, 3.8) is 0 Å². The van der Waals surface area contributed by atoms with Gasteiger partial charge in [-0.3, -0.25) is 0 Å². The van der Waals surface area contributed by atoms with Crippen LogP contribution in [0, 0.1) is 0 Å². The molecule has 0 aliphatic heterocycles. The second-order valence-electron chi connectivity index (χ2n) is 3.86. The van der Waals surface area contributed by atoms with Crippen molar-refractivity contribution in [2.75, 3.05) is 7.11 Å². The van der Waals surface area contributed by atoms with Crippen molar-refractivity contribution >= 4 is 5.78 Å². The van der Waals surface area contributed by atoms with Crippen LogP contribution in [0.15, 0.2) is 42.7 Å². The molecule has 2 aromatic heterocycles. The van der Waals surface area contributed by atoms with E-state index in [1.54, 1.807) is 7.11 Å². The molecule has 0 spiro atoms. The Labute approximate surface area is 98.9 Å². The maximum absolute atomic E-state index is 5.04. The van der Waals surface area contributed by atoms with Gasteiger partial charge in [0.15, 0.2) is 0 Å². The fourth-order valence-corrected chi connectivity index (χ4v) is 1.84. The largest absolute Gasteiger partial charge is 0.381 e. The molecule has 0 bridgehead atoms. The Morgan fingerprint density at radius 3 is 2.76 bits per heavy atom. The highest BCUT2D eigenvalue weighted by Crippen LogP contribution is 2.17. The number of aromatic nitrogens is 3. The molecular formula is C13H12N3O-. The van der Waals surface area contributed by atoms with E-state index >= 15 is 0 Å². The summed E-state index contributed by atoms with van der Waals surface area (Å²) in [4.78, 5) is 8.86. The zero-order chi connectivity index (χ0) is 11.7. The molecule has 4 nitrogen and oxygen atoms in total. The van der Waals surface area contributed by atoms with Crippen molar-refractivity contribution in [3.8, 4) is 11.3 Å². The van der Waals surface area contributed by atoms with Crippen LogP contribution in [-0.2, 0) is 11.3 Å². The van der Waals surface area contributed by atoms with Crippen molar-refractivity contribution in [2.45, 2.75) is 6.61 Å². The minimum absolute atomic E-state index is 0.518. The lowest BCUT2D eigenvalue weighted by Crippen LogP contribution is -1.87. The van der Waals surface area contributed by atoms with Crippen LogP contribution in [0.2, 0.25) is 0 Å². The van der Waals surface area contributed by atoms with Crippen molar-refractivity contribution in [2.24, 2.45) is 0 Å². The molecule has 0 fully saturated rings. The Balaban J connectivity index is 2.01. The average Bonchev–Trinajstić information content (AvgIpc) is 2.88. The van der Waals surface area contributed by atoms with Crippen LogP contribution < -0.4 is 4.98 Å². The van der Waals surface area contributed by atoms with Crippen LogP contribution in [0.25, 0.3) is 17.0 Å². The molecule has 0 amide bonds. The first-order chi connectivity index (χ1) is 8.36. The predicted molar refractivity (Wildman–Crippen MR) is 64.7 cm³/mol. The maximum atomic E-state index is 5.04. The Morgan fingerprint density at radius 1 is 1.24 bits per heavy atom. The van der Waals surface area contributed by atoms with Crippen molar-refractivity contribution < 1.29 is 4.74 Å². The van der Waals surface area contributed by atoms with E-state index in [-0.39, 0.29) is 0 Å². The highest BCUT2D eigenvalue weighted by Gasteiger charge is 1.99. The first-order valence-electron chi connectivity index (χ1n) is 5.42. The van der Waals surface area contributed by atoms with Gasteiger partial charge in [0, 0.05) is 18.6 Å². The molecule has 3 rings (SSSR count). The Hall–Kier alpha value is -2.07. The highest BCUT2D eigenvalue weighted by atomic mass is 16.5. The molecule has 4 heteroatoms. The zero-order valence-corrected chi connectivity index (χ0v) is 9.50. The summed E-state index contributed by atoms with van der Waals surface area (Å²) >= 11 is 0. The normalized spacial score (nSPS) is 11.1. The molecule has 0 atom stereocenters. The predicted octanol–water partition coefficient (Wildman–Crippen LogP) is 2.10. The van der Waals surface area contributed by atoms with E-state index in [0.29, 0.717) is 6.61 Å². The molecule has 0 N–H and O–H groups in total. The molecule has 1 aromatic carbocycles. The third kappa shape index (κ3) is 1.83. The number of hydrogen-bond donors (Lipinski definition) is 0. The molecule has 0 aliphatic rings. The van der Waals surface area contributed by atoms with Gasteiger partial charge >= 0.3 is 0 Å². The molecule has 17 heavy (non-hydrogen) atoms. The molecule has 0 unspecified atom stereocenters. The van der Waals surface area contributed by atoms with Crippen LogP contribution in [-0.4, -0.2) is 16.5 Å². The summed E-state index contributed by atoms with van der Waals surface area (Å²) in [6.45, 7) is 0.518. The van der Waals surface area contributed by atoms with E-state index in [1.807, 2.05) is 47.1 Å². The molecule has 0 saturated carbocycles. The minimum atomic E-state index is 0.518. The first kappa shape index (κ1) is 10.1. The number of imidazole rings is 2. The summed E-state index contributed by atoms with van der Waals surface area (Å²) in [7, 11) is 1.66. The smallest absolute Gasteiger partial charge is 0.0739 e. The monoisotopic (exact) mass is 226 g/mol. The molecule has 0 radical (unpaired) electrons. The Morgan fingerprint density at radius 2 is 2.06 bits per heavy atom. The summed E-state index contributed by atoms with van der Waals surface area (Å²) in [6.07, 6.45) is 3.93. The Bertz CT molecular complexity index is 593. The van der Waals surface area contributed by atoms with E-state index < -0.39 is 0 Å². The lowest BCUT2D eigenvalue weighted by molar-refractivity contribution is 0.182. The van der Waals surface area contributed by atoms with Crippen LogP contribution in [0.4, 0.5) is 0 Å². The van der Waals surface area contributed by atoms with Gasteiger partial charge < -0.3 is 19.1 Å². The second kappa shape index (κ2) is 4.07. The zero-order valence-electron chi connectivity index (χ0n) is 9.50. The van der Waals surface area contributed by atoms with Gasteiger partial charge in [0.25, 0.3) is 0 Å². The van der Waals surface area contributed by atoms with E-state index in [1.165, 1.54) is 0 Å². The highest BCUT2D eigenvalue weighted by molar-refractivity contribution is 5.61. The number of ether oxygens (including phenoxy) is 1. The van der Waals surface area contributed by atoms with Gasteiger partial charge in [0.05, 0.1) is 6.61 Å². The lowest BCUT2D eigenvalue weighted by atomic mass is 10.2. The number of fused-ring (bicyclic) bond motifs is 1. The number of benzene rings is 1. The lowest BCUT2D eigenvalue weighted by Gasteiger charge is -1.99. The third-order valence-corrected chi connectivity index (χ3v) is 2.61. The summed E-state index contributed by atoms with van der Waals surface area (Å²) < 4.78 is 6.97. The summed E-state index contributed by atoms with van der Waals surface area (Å²) in [5.74, 6) is 0.718. The van der Waals surface area contributed by atoms with Gasteiger partial charge in [0.1, 0.15) is 0 Å². The van der Waals surface area contributed by atoms with E-state index in [9.17, 15) is 0 Å². The maximum Gasteiger partial charge on any atom is 0.0739 e. The van der Waals surface area contributed by atoms with Gasteiger partial charge in [-0.2, -0.15) is 0 Å². The van der Waals surface area contributed by atoms with Gasteiger partial charge in [-0.25, -0.2) is 0 Å². The fourth-order valence-electron chi connectivity index (χ4n) is 1.84. The van der Waals surface area contributed by atoms with E-state index in [2.05, 4.69) is 9.97 Å². The quantitative estimate of drug-likeness (QED) is 0.686. The number of hydrogen-bond acceptors (Lipinski definition) is 2. The first-order valence-corrected chi connectivity index (χ1v) is 5.42. The average molecular weight is 226 g/mol. The number of methoxy groups -OCH3 is 1. The SMILES string of the molecule is COCc1cn2cc(-c3ccccc3)[n-]c2n1. The molecule has 3 aromatic rings. The van der Waals surface area contributed by atoms with Crippen molar-refractivity contribution in [1.82, 2.24) is 14.4 Å². The van der Waals surface area contributed by atoms with Gasteiger partial charge in [-0.15, -0.1) is 0 Å². The van der Waals surface area contributed by atoms with Crippen molar-refractivity contribution in [1.29, 1.82) is 0 Å². The van der Waals surface area contributed by atoms with E-state index in [0.717, 1.165) is 22.7 Å². The Kier molecular flexibility index (Phi) is 2.42. The number of rotatable bonds is 3. The van der Waals surface area contributed by atoms with Crippen LogP contribution >= 0.6 is 0 Å². The van der Waals surface area contributed by atoms with Gasteiger partial charge in [-0.05, 0) is 23.7 Å². The molecule has 0 aliphatic carbocycles. The molecule has 0 saturated heterocycles. The number of nitrogens with zero attached hydrogens (tertiary/aromatic N) is 3. The molecule has 86 valence electrons. The standard InChI is InChI=1S/C13H12N3O/c1-17-9-11-7-16-8-12(15-13(16)14-11)10-5-3-2-4-6-10/h2-8H,9H2,1H3/q-1. The second-order valence-corrected chi connectivity index (χ2v) is 3.86.